The van der Waals surface area contributed by atoms with E-state index in [2.05, 4.69) is 10.1 Å². The van der Waals surface area contributed by atoms with Gasteiger partial charge in [0, 0.05) is 25.7 Å². The summed E-state index contributed by atoms with van der Waals surface area (Å²) in [5.41, 5.74) is -0.509. The van der Waals surface area contributed by atoms with Crippen LogP contribution in [0.4, 0.5) is 4.79 Å². The van der Waals surface area contributed by atoms with Crippen molar-refractivity contribution in [2.45, 2.75) is 26.4 Å². The van der Waals surface area contributed by atoms with E-state index >= 15 is 0 Å². The standard InChI is InChI=1S/C25H48N2O10/c1-25(2,3)37-24(29)26-8-11-31-13-15-33-17-19-35-21-22-36-20-18-34-16-14-32-12-10-27(4)9-6-7-23(28)30-5/h6-7H,8-22H2,1-5H3,(H,26,29)/b7-6+. The Balaban J connectivity index is 3.22. The number of methoxy groups -OCH3 is 1. The number of nitrogens with one attached hydrogen (secondary N) is 1. The summed E-state index contributed by atoms with van der Waals surface area (Å²) < 4.78 is 42.3. The summed E-state index contributed by atoms with van der Waals surface area (Å²) in [5.74, 6) is -0.356. The van der Waals surface area contributed by atoms with Gasteiger partial charge >= 0.3 is 12.1 Å². The molecular weight excluding hydrogens is 488 g/mol. The fraction of sp³-hybridized carbons (Fsp3) is 0.840. The molecule has 0 spiro atoms. The lowest BCUT2D eigenvalue weighted by Gasteiger charge is -2.19. The van der Waals surface area contributed by atoms with Gasteiger partial charge in [-0.2, -0.15) is 0 Å². The normalized spacial score (nSPS) is 11.8. The van der Waals surface area contributed by atoms with E-state index in [4.69, 9.17) is 33.2 Å². The van der Waals surface area contributed by atoms with Gasteiger partial charge in [-0.3, -0.25) is 0 Å². The molecule has 0 aromatic carbocycles. The molecule has 0 aliphatic rings. The molecule has 0 bridgehead atoms. The molecular formula is C25H48N2O10. The van der Waals surface area contributed by atoms with Crippen molar-refractivity contribution < 1.29 is 47.5 Å². The first-order chi connectivity index (χ1) is 17.7. The molecule has 0 aromatic rings. The number of esters is 1. The van der Waals surface area contributed by atoms with Crippen LogP contribution in [0.2, 0.25) is 0 Å². The molecule has 0 heterocycles. The molecule has 0 aromatic heterocycles. The van der Waals surface area contributed by atoms with Crippen LogP contribution in [0, 0.1) is 0 Å². The predicted octanol–water partition coefficient (Wildman–Crippen LogP) is 1.27. The summed E-state index contributed by atoms with van der Waals surface area (Å²) in [7, 11) is 3.30. The van der Waals surface area contributed by atoms with Crippen molar-refractivity contribution in [3.8, 4) is 0 Å². The molecule has 0 atom stereocenters. The second kappa shape index (κ2) is 24.5. The van der Waals surface area contributed by atoms with Crippen molar-refractivity contribution in [2.24, 2.45) is 0 Å². The molecule has 12 nitrogen and oxygen atoms in total. The quantitative estimate of drug-likeness (QED) is 0.109. The maximum Gasteiger partial charge on any atom is 0.407 e. The lowest BCUT2D eigenvalue weighted by Crippen LogP contribution is -2.34. The topological polar surface area (TPSA) is 123 Å². The van der Waals surface area contributed by atoms with Crippen molar-refractivity contribution in [1.82, 2.24) is 10.2 Å². The Bertz CT molecular complexity index is 584. The minimum Gasteiger partial charge on any atom is -0.466 e. The smallest absolute Gasteiger partial charge is 0.407 e. The van der Waals surface area contributed by atoms with Gasteiger partial charge in [0.05, 0.1) is 86.4 Å². The first kappa shape index (κ1) is 35.2. The van der Waals surface area contributed by atoms with Crippen molar-refractivity contribution >= 4 is 12.1 Å². The van der Waals surface area contributed by atoms with E-state index in [0.717, 1.165) is 6.54 Å². The van der Waals surface area contributed by atoms with Gasteiger partial charge in [0.25, 0.3) is 0 Å². The lowest BCUT2D eigenvalue weighted by atomic mass is 10.2. The lowest BCUT2D eigenvalue weighted by molar-refractivity contribution is -0.134. The number of alkyl carbamates (subject to hydrolysis) is 1. The Morgan fingerprint density at radius 2 is 1.16 bits per heavy atom. The second-order valence-electron chi connectivity index (χ2n) is 8.79. The SMILES string of the molecule is COC(=O)/C=C/CN(C)CCOCCOCCOCCOCCOCCOCCNC(=O)OC(C)(C)C. The van der Waals surface area contributed by atoms with Gasteiger partial charge in [-0.25, -0.2) is 9.59 Å². The first-order valence-corrected chi connectivity index (χ1v) is 12.6. The van der Waals surface area contributed by atoms with E-state index in [1.54, 1.807) is 6.08 Å². The highest BCUT2D eigenvalue weighted by Crippen LogP contribution is 2.06. The summed E-state index contributed by atoms with van der Waals surface area (Å²) >= 11 is 0. The zero-order valence-corrected chi connectivity index (χ0v) is 23.3. The summed E-state index contributed by atoms with van der Waals surface area (Å²) in [5, 5.41) is 2.62. The zero-order chi connectivity index (χ0) is 27.6. The predicted molar refractivity (Wildman–Crippen MR) is 138 cm³/mol. The van der Waals surface area contributed by atoms with Crippen molar-refractivity contribution in [2.75, 3.05) is 113 Å². The molecule has 0 fully saturated rings. The molecule has 0 saturated heterocycles. The van der Waals surface area contributed by atoms with Crippen LogP contribution in [-0.2, 0) is 42.7 Å². The van der Waals surface area contributed by atoms with Gasteiger partial charge in [-0.05, 0) is 27.8 Å². The molecule has 218 valence electrons. The highest BCUT2D eigenvalue weighted by Gasteiger charge is 2.15. The Morgan fingerprint density at radius 1 is 0.730 bits per heavy atom. The zero-order valence-electron chi connectivity index (χ0n) is 23.3. The second-order valence-corrected chi connectivity index (χ2v) is 8.79. The third-order valence-electron chi connectivity index (χ3n) is 4.26. The number of ether oxygens (including phenoxy) is 8. The maximum atomic E-state index is 11.5. The molecule has 0 unspecified atom stereocenters. The summed E-state index contributed by atoms with van der Waals surface area (Å²) in [6.45, 7) is 13.1. The van der Waals surface area contributed by atoms with E-state index in [1.807, 2.05) is 32.7 Å². The molecule has 1 N–H and O–H groups in total. The number of nitrogens with zero attached hydrogens (tertiary/aromatic N) is 1. The summed E-state index contributed by atoms with van der Waals surface area (Å²) in [6.07, 6.45) is 2.71. The monoisotopic (exact) mass is 536 g/mol. The van der Waals surface area contributed by atoms with Crippen LogP contribution >= 0.6 is 0 Å². The number of likely N-dealkylation sites (N-methyl/N-ethyl adjacent to an activating group) is 1. The van der Waals surface area contributed by atoms with Crippen LogP contribution in [0.25, 0.3) is 0 Å². The van der Waals surface area contributed by atoms with Gasteiger partial charge < -0.3 is 48.1 Å². The average Bonchev–Trinajstić information content (AvgIpc) is 2.83. The molecule has 0 aliphatic heterocycles. The van der Waals surface area contributed by atoms with E-state index in [1.165, 1.54) is 13.2 Å². The van der Waals surface area contributed by atoms with Crippen LogP contribution < -0.4 is 5.32 Å². The van der Waals surface area contributed by atoms with E-state index in [-0.39, 0.29) is 5.97 Å². The largest absolute Gasteiger partial charge is 0.466 e. The summed E-state index contributed by atoms with van der Waals surface area (Å²) in [6, 6.07) is 0. The van der Waals surface area contributed by atoms with E-state index in [0.29, 0.717) is 92.4 Å². The van der Waals surface area contributed by atoms with Gasteiger partial charge in [-0.1, -0.05) is 6.08 Å². The summed E-state index contributed by atoms with van der Waals surface area (Å²) in [4.78, 5) is 24.5. The van der Waals surface area contributed by atoms with Crippen molar-refractivity contribution in [3.63, 3.8) is 0 Å². The fourth-order valence-electron chi connectivity index (χ4n) is 2.45. The molecule has 1 amide bonds. The highest BCUT2D eigenvalue weighted by molar-refractivity contribution is 5.81. The third-order valence-corrected chi connectivity index (χ3v) is 4.26. The van der Waals surface area contributed by atoms with E-state index in [9.17, 15) is 9.59 Å². The van der Waals surface area contributed by atoms with Crippen LogP contribution in [0.5, 0.6) is 0 Å². The minimum atomic E-state index is -0.509. The highest BCUT2D eigenvalue weighted by atomic mass is 16.6. The molecule has 0 radical (unpaired) electrons. The Morgan fingerprint density at radius 3 is 1.59 bits per heavy atom. The third kappa shape index (κ3) is 28.6. The number of carbonyl (C=O) groups is 2. The Hall–Kier alpha value is -1.80. The molecule has 12 heteroatoms. The van der Waals surface area contributed by atoms with Gasteiger partial charge in [0.1, 0.15) is 5.60 Å². The van der Waals surface area contributed by atoms with E-state index < -0.39 is 11.7 Å². The number of amides is 1. The van der Waals surface area contributed by atoms with Crippen LogP contribution in [0.15, 0.2) is 12.2 Å². The number of hydrogen-bond donors (Lipinski definition) is 1. The average molecular weight is 537 g/mol. The van der Waals surface area contributed by atoms with Gasteiger partial charge in [-0.15, -0.1) is 0 Å². The number of rotatable bonds is 24. The Labute approximate surface area is 221 Å². The number of carbonyl (C=O) groups excluding carboxylic acids is 2. The molecule has 0 aliphatic carbocycles. The molecule has 0 saturated carbocycles. The van der Waals surface area contributed by atoms with Crippen LogP contribution in [-0.4, -0.2) is 136 Å². The van der Waals surface area contributed by atoms with Crippen LogP contribution in [0.3, 0.4) is 0 Å². The molecule has 37 heavy (non-hydrogen) atoms. The maximum absolute atomic E-state index is 11.5. The van der Waals surface area contributed by atoms with Crippen molar-refractivity contribution in [1.29, 1.82) is 0 Å². The first-order valence-electron chi connectivity index (χ1n) is 12.6. The molecule has 0 rings (SSSR count). The van der Waals surface area contributed by atoms with Gasteiger partial charge in [0.15, 0.2) is 0 Å². The van der Waals surface area contributed by atoms with Gasteiger partial charge in [0.2, 0.25) is 0 Å². The van der Waals surface area contributed by atoms with Crippen molar-refractivity contribution in [3.05, 3.63) is 12.2 Å². The minimum absolute atomic E-state index is 0.356. The Kier molecular flexibility index (Phi) is 23.3. The van der Waals surface area contributed by atoms with Crippen LogP contribution in [0.1, 0.15) is 20.8 Å². The fourth-order valence-corrected chi connectivity index (χ4v) is 2.45. The number of hydrogen-bond acceptors (Lipinski definition) is 11.